The third kappa shape index (κ3) is 3.98. The first-order valence-corrected chi connectivity index (χ1v) is 10.9. The fourth-order valence-electron chi connectivity index (χ4n) is 4.01. The molecule has 6 nitrogen and oxygen atoms in total. The molecule has 1 fully saturated rings. The second-order valence-corrected chi connectivity index (χ2v) is 8.15. The van der Waals surface area contributed by atoms with Gasteiger partial charge in [0.15, 0.2) is 0 Å². The fourth-order valence-corrected chi connectivity index (χ4v) is 4.18. The topological polar surface area (TPSA) is 79.7 Å². The molecule has 0 spiro atoms. The summed E-state index contributed by atoms with van der Waals surface area (Å²) in [6.07, 6.45) is 3.18. The van der Waals surface area contributed by atoms with E-state index in [1.165, 1.54) is 4.90 Å². The number of ether oxygens (including phenoxy) is 1. The summed E-state index contributed by atoms with van der Waals surface area (Å²) >= 11 is 6.19. The van der Waals surface area contributed by atoms with Crippen molar-refractivity contribution in [1.82, 2.24) is 4.98 Å². The summed E-state index contributed by atoms with van der Waals surface area (Å²) in [6.45, 7) is 6.06. The molecule has 1 unspecified atom stereocenters. The summed E-state index contributed by atoms with van der Waals surface area (Å²) in [5, 5.41) is 11.7. The molecule has 0 saturated carbocycles. The standard InChI is InChI=1S/C26H23ClN2O4/c1-4-33-21-14-18(8-9-19(21)27)24(30)22-23(17-10-12-28-13-11-17)29(26(32)25(22)31)20-7-5-6-15(2)16(20)3/h5-14,23,30H,4H2,1-3H3/b24-22+. The van der Waals surface area contributed by atoms with Crippen LogP contribution >= 0.6 is 11.6 Å². The normalized spacial score (nSPS) is 17.5. The zero-order chi connectivity index (χ0) is 23.7. The molecule has 1 saturated heterocycles. The highest BCUT2D eigenvalue weighted by Crippen LogP contribution is 2.43. The number of hydrogen-bond acceptors (Lipinski definition) is 5. The molecule has 0 bridgehead atoms. The van der Waals surface area contributed by atoms with Crippen LogP contribution in [0.25, 0.3) is 5.76 Å². The first kappa shape index (κ1) is 22.6. The minimum atomic E-state index is -0.820. The van der Waals surface area contributed by atoms with E-state index in [1.807, 2.05) is 32.9 Å². The lowest BCUT2D eigenvalue weighted by Gasteiger charge is -2.27. The van der Waals surface area contributed by atoms with Gasteiger partial charge in [-0.3, -0.25) is 19.5 Å². The molecule has 7 heteroatoms. The first-order chi connectivity index (χ1) is 15.8. The van der Waals surface area contributed by atoms with Crippen LogP contribution in [0.4, 0.5) is 5.69 Å². The Morgan fingerprint density at radius 3 is 2.55 bits per heavy atom. The number of Topliss-reactive ketones (excluding diaryl/α,β-unsaturated/α-hetero) is 1. The number of amides is 1. The van der Waals surface area contributed by atoms with E-state index in [0.29, 0.717) is 34.2 Å². The summed E-state index contributed by atoms with van der Waals surface area (Å²) in [5.41, 5.74) is 3.47. The summed E-state index contributed by atoms with van der Waals surface area (Å²) in [4.78, 5) is 32.1. The predicted molar refractivity (Wildman–Crippen MR) is 128 cm³/mol. The van der Waals surface area contributed by atoms with Crippen molar-refractivity contribution in [3.63, 3.8) is 0 Å². The highest BCUT2D eigenvalue weighted by Gasteiger charge is 2.47. The third-order valence-electron chi connectivity index (χ3n) is 5.81. The van der Waals surface area contributed by atoms with Crippen LogP contribution in [-0.4, -0.2) is 28.4 Å². The van der Waals surface area contributed by atoms with Gasteiger partial charge in [-0.15, -0.1) is 0 Å². The number of anilines is 1. The molecule has 0 aliphatic carbocycles. The second kappa shape index (κ2) is 9.08. The minimum absolute atomic E-state index is 0.00289. The Bertz CT molecular complexity index is 1270. The van der Waals surface area contributed by atoms with Crippen LogP contribution in [0.1, 0.15) is 35.2 Å². The average molecular weight is 463 g/mol. The lowest BCUT2D eigenvalue weighted by molar-refractivity contribution is -0.132. The molecule has 1 N–H and O–H groups in total. The van der Waals surface area contributed by atoms with E-state index in [1.54, 1.807) is 48.8 Å². The van der Waals surface area contributed by atoms with Gasteiger partial charge in [-0.25, -0.2) is 0 Å². The number of hydrogen-bond donors (Lipinski definition) is 1. The van der Waals surface area contributed by atoms with Crippen LogP contribution in [-0.2, 0) is 9.59 Å². The molecule has 1 aliphatic heterocycles. The van der Waals surface area contributed by atoms with Crippen LogP contribution in [0.2, 0.25) is 5.02 Å². The van der Waals surface area contributed by atoms with Crippen molar-refractivity contribution in [3.05, 3.63) is 93.8 Å². The predicted octanol–water partition coefficient (Wildman–Crippen LogP) is 5.38. The van der Waals surface area contributed by atoms with Crippen LogP contribution in [0.3, 0.4) is 0 Å². The van der Waals surface area contributed by atoms with Gasteiger partial charge in [0.1, 0.15) is 11.5 Å². The molecule has 1 atom stereocenters. The van der Waals surface area contributed by atoms with E-state index in [-0.39, 0.29) is 11.3 Å². The summed E-state index contributed by atoms with van der Waals surface area (Å²) < 4.78 is 5.53. The van der Waals surface area contributed by atoms with Crippen LogP contribution in [0.5, 0.6) is 5.75 Å². The van der Waals surface area contributed by atoms with Gasteiger partial charge >= 0.3 is 0 Å². The Balaban J connectivity index is 1.95. The highest BCUT2D eigenvalue weighted by molar-refractivity contribution is 6.51. The first-order valence-electron chi connectivity index (χ1n) is 10.5. The molecule has 1 amide bonds. The van der Waals surface area contributed by atoms with E-state index < -0.39 is 17.7 Å². The maximum Gasteiger partial charge on any atom is 0.300 e. The van der Waals surface area contributed by atoms with E-state index in [4.69, 9.17) is 16.3 Å². The number of halogens is 1. The number of nitrogens with zero attached hydrogens (tertiary/aromatic N) is 2. The van der Waals surface area contributed by atoms with Crippen molar-refractivity contribution in [1.29, 1.82) is 0 Å². The molecule has 4 rings (SSSR count). The molecule has 1 aromatic heterocycles. The number of aliphatic hydroxyl groups is 1. The number of carbonyl (C=O) groups excluding carboxylic acids is 2. The van der Waals surface area contributed by atoms with Gasteiger partial charge in [-0.2, -0.15) is 0 Å². The van der Waals surface area contributed by atoms with Crippen molar-refractivity contribution < 1.29 is 19.4 Å². The van der Waals surface area contributed by atoms with Gasteiger partial charge in [0, 0.05) is 23.6 Å². The quantitative estimate of drug-likeness (QED) is 0.313. The number of aliphatic hydroxyl groups excluding tert-OH is 1. The van der Waals surface area contributed by atoms with E-state index in [2.05, 4.69) is 4.98 Å². The number of benzene rings is 2. The van der Waals surface area contributed by atoms with Gasteiger partial charge < -0.3 is 9.84 Å². The van der Waals surface area contributed by atoms with Gasteiger partial charge in [-0.1, -0.05) is 23.7 Å². The van der Waals surface area contributed by atoms with Gasteiger partial charge in [0.25, 0.3) is 11.7 Å². The Hall–Kier alpha value is -3.64. The highest BCUT2D eigenvalue weighted by atomic mass is 35.5. The number of carbonyl (C=O) groups is 2. The Kier molecular flexibility index (Phi) is 6.20. The Morgan fingerprint density at radius 2 is 1.85 bits per heavy atom. The van der Waals surface area contributed by atoms with Crippen molar-refractivity contribution in [3.8, 4) is 5.75 Å². The van der Waals surface area contributed by atoms with Gasteiger partial charge in [-0.05, 0) is 73.9 Å². The summed E-state index contributed by atoms with van der Waals surface area (Å²) in [7, 11) is 0. The Labute approximate surface area is 197 Å². The van der Waals surface area contributed by atoms with E-state index >= 15 is 0 Å². The van der Waals surface area contributed by atoms with Crippen molar-refractivity contribution >= 4 is 34.7 Å². The van der Waals surface area contributed by atoms with Crippen LogP contribution < -0.4 is 9.64 Å². The maximum atomic E-state index is 13.3. The van der Waals surface area contributed by atoms with Crippen molar-refractivity contribution in [2.75, 3.05) is 11.5 Å². The minimum Gasteiger partial charge on any atom is -0.507 e. The Morgan fingerprint density at radius 1 is 1.12 bits per heavy atom. The maximum absolute atomic E-state index is 13.3. The number of rotatable bonds is 5. The fraction of sp³-hybridized carbons (Fsp3) is 0.192. The number of pyridine rings is 1. The zero-order valence-electron chi connectivity index (χ0n) is 18.5. The number of ketones is 1. The molecule has 2 heterocycles. The zero-order valence-corrected chi connectivity index (χ0v) is 19.3. The molecule has 0 radical (unpaired) electrons. The third-order valence-corrected chi connectivity index (χ3v) is 6.12. The molecular formula is C26H23ClN2O4. The SMILES string of the molecule is CCOc1cc(/C(O)=C2\C(=O)C(=O)N(c3cccc(C)c3C)C2c2ccncc2)ccc1Cl. The monoisotopic (exact) mass is 462 g/mol. The largest absolute Gasteiger partial charge is 0.507 e. The smallest absolute Gasteiger partial charge is 0.300 e. The van der Waals surface area contributed by atoms with Crippen molar-refractivity contribution in [2.45, 2.75) is 26.8 Å². The molecule has 1 aliphatic rings. The number of aryl methyl sites for hydroxylation is 1. The number of aromatic nitrogens is 1. The van der Waals surface area contributed by atoms with Crippen LogP contribution in [0.15, 0.2) is 66.5 Å². The lowest BCUT2D eigenvalue weighted by Crippen LogP contribution is -2.30. The van der Waals surface area contributed by atoms with Crippen LogP contribution in [0, 0.1) is 13.8 Å². The molecule has 33 heavy (non-hydrogen) atoms. The van der Waals surface area contributed by atoms with E-state index in [9.17, 15) is 14.7 Å². The molecule has 2 aromatic carbocycles. The van der Waals surface area contributed by atoms with Gasteiger partial charge in [0.05, 0.1) is 23.2 Å². The summed E-state index contributed by atoms with van der Waals surface area (Å²) in [6, 6.07) is 13.0. The van der Waals surface area contributed by atoms with E-state index in [0.717, 1.165) is 11.1 Å². The summed E-state index contributed by atoms with van der Waals surface area (Å²) in [5.74, 6) is -1.37. The lowest BCUT2D eigenvalue weighted by atomic mass is 9.95. The van der Waals surface area contributed by atoms with Gasteiger partial charge in [0.2, 0.25) is 0 Å². The second-order valence-electron chi connectivity index (χ2n) is 7.75. The molecule has 168 valence electrons. The average Bonchev–Trinajstić information content (AvgIpc) is 3.08. The van der Waals surface area contributed by atoms with Crippen molar-refractivity contribution in [2.24, 2.45) is 0 Å². The molecular weight excluding hydrogens is 440 g/mol. The molecule has 3 aromatic rings.